The topological polar surface area (TPSA) is 74.6 Å². The van der Waals surface area contributed by atoms with Gasteiger partial charge in [-0.1, -0.05) is 39.8 Å². The maximum absolute atomic E-state index is 12.1. The molecule has 2 aromatic rings. The van der Waals surface area contributed by atoms with Crippen LogP contribution in [-0.4, -0.2) is 40.6 Å². The second-order valence-electron chi connectivity index (χ2n) is 8.12. The fourth-order valence-electron chi connectivity index (χ4n) is 3.27. The van der Waals surface area contributed by atoms with Gasteiger partial charge in [-0.25, -0.2) is 0 Å². The smallest absolute Gasteiger partial charge is 0.227 e. The molecule has 2 rings (SSSR count). The van der Waals surface area contributed by atoms with Crippen LogP contribution < -0.4 is 10.6 Å². The first-order chi connectivity index (χ1) is 14.2. The zero-order valence-electron chi connectivity index (χ0n) is 19.4. The molecule has 0 spiro atoms. The zero-order valence-corrected chi connectivity index (χ0v) is 19.4. The predicted octanol–water partition coefficient (Wildman–Crippen LogP) is 3.74. The minimum Gasteiger partial charge on any atom is -0.352 e. The lowest BCUT2D eigenvalue weighted by Gasteiger charge is -2.22. The normalized spacial score (nSPS) is 12.7. The van der Waals surface area contributed by atoms with E-state index >= 15 is 0 Å². The highest BCUT2D eigenvalue weighted by molar-refractivity contribution is 5.92. The Hall–Kier alpha value is -2.83. The molecule has 0 saturated heterocycles. The molecule has 30 heavy (non-hydrogen) atoms. The van der Waals surface area contributed by atoms with E-state index in [2.05, 4.69) is 45.7 Å². The number of carbonyl (C=O) groups excluding carboxylic acids is 1. The van der Waals surface area contributed by atoms with Gasteiger partial charge in [0.1, 0.15) is 0 Å². The molecule has 1 unspecified atom stereocenters. The van der Waals surface area contributed by atoms with Crippen LogP contribution in [0.2, 0.25) is 0 Å². The summed E-state index contributed by atoms with van der Waals surface area (Å²) in [5.74, 6) is 1.23. The standard InChI is InChI=1S/C23H36N6O/c1-8-17(4)22(30)26-20-11-9-10-18(12-20)13-25-23(24-5)28(6)14-19-15-29(7)27-21(19)16(2)3/h9-12,15-17H,8,13-14H2,1-7H3,(H,24,25)(H,26,30). The summed E-state index contributed by atoms with van der Waals surface area (Å²) >= 11 is 0. The van der Waals surface area contributed by atoms with Crippen molar-refractivity contribution >= 4 is 17.6 Å². The highest BCUT2D eigenvalue weighted by Gasteiger charge is 2.15. The number of amides is 1. The molecule has 1 aromatic heterocycles. The van der Waals surface area contributed by atoms with Gasteiger partial charge in [-0.15, -0.1) is 0 Å². The van der Waals surface area contributed by atoms with Crippen LogP contribution in [0.25, 0.3) is 0 Å². The second kappa shape index (κ2) is 10.8. The Balaban J connectivity index is 2.00. The van der Waals surface area contributed by atoms with Crippen molar-refractivity contribution in [3.63, 3.8) is 0 Å². The summed E-state index contributed by atoms with van der Waals surface area (Å²) in [6, 6.07) is 7.91. The van der Waals surface area contributed by atoms with E-state index in [0.29, 0.717) is 12.5 Å². The Kier molecular flexibility index (Phi) is 8.45. The molecule has 0 aliphatic carbocycles. The average molecular weight is 413 g/mol. The maximum atomic E-state index is 12.1. The van der Waals surface area contributed by atoms with E-state index in [1.165, 1.54) is 5.56 Å². The quantitative estimate of drug-likeness (QED) is 0.512. The first-order valence-electron chi connectivity index (χ1n) is 10.6. The minimum atomic E-state index is 0.00228. The SMILES string of the molecule is CCC(C)C(=O)Nc1cccc(CNC(=NC)N(C)Cc2cn(C)nc2C(C)C)c1. The Bertz CT molecular complexity index is 870. The predicted molar refractivity (Wildman–Crippen MR) is 123 cm³/mol. The van der Waals surface area contributed by atoms with Crippen LogP contribution in [0.15, 0.2) is 35.5 Å². The molecule has 0 bridgehead atoms. The molecule has 0 aliphatic rings. The van der Waals surface area contributed by atoms with Gasteiger partial charge >= 0.3 is 0 Å². The highest BCUT2D eigenvalue weighted by atomic mass is 16.1. The Morgan fingerprint density at radius 1 is 1.30 bits per heavy atom. The van der Waals surface area contributed by atoms with Crippen molar-refractivity contribution in [1.29, 1.82) is 0 Å². The Morgan fingerprint density at radius 2 is 2.03 bits per heavy atom. The molecule has 1 aromatic carbocycles. The second-order valence-corrected chi connectivity index (χ2v) is 8.12. The van der Waals surface area contributed by atoms with Crippen LogP contribution in [-0.2, 0) is 24.9 Å². The van der Waals surface area contributed by atoms with Gasteiger partial charge in [0, 0.05) is 57.6 Å². The van der Waals surface area contributed by atoms with Gasteiger partial charge in [-0.3, -0.25) is 14.5 Å². The van der Waals surface area contributed by atoms with Crippen LogP contribution in [0.4, 0.5) is 5.69 Å². The number of nitrogens with zero attached hydrogens (tertiary/aromatic N) is 4. The molecule has 0 fully saturated rings. The van der Waals surface area contributed by atoms with Crippen molar-refractivity contribution in [3.05, 3.63) is 47.3 Å². The monoisotopic (exact) mass is 412 g/mol. The van der Waals surface area contributed by atoms with Crippen molar-refractivity contribution < 1.29 is 4.79 Å². The number of anilines is 1. The minimum absolute atomic E-state index is 0.00228. The largest absolute Gasteiger partial charge is 0.352 e. The molecular weight excluding hydrogens is 376 g/mol. The molecule has 0 aliphatic heterocycles. The molecular formula is C23H36N6O. The number of hydrogen-bond acceptors (Lipinski definition) is 3. The van der Waals surface area contributed by atoms with Crippen LogP contribution in [0.3, 0.4) is 0 Å². The van der Waals surface area contributed by atoms with E-state index in [4.69, 9.17) is 0 Å². The number of rotatable bonds is 8. The van der Waals surface area contributed by atoms with E-state index in [-0.39, 0.29) is 11.8 Å². The molecule has 0 radical (unpaired) electrons. The van der Waals surface area contributed by atoms with Crippen molar-refractivity contribution in [3.8, 4) is 0 Å². The Morgan fingerprint density at radius 3 is 2.67 bits per heavy atom. The molecule has 2 N–H and O–H groups in total. The molecule has 0 saturated carbocycles. The van der Waals surface area contributed by atoms with E-state index < -0.39 is 0 Å². The summed E-state index contributed by atoms with van der Waals surface area (Å²) in [5, 5.41) is 11.0. The van der Waals surface area contributed by atoms with Gasteiger partial charge in [0.2, 0.25) is 5.91 Å². The van der Waals surface area contributed by atoms with Gasteiger partial charge in [0.25, 0.3) is 0 Å². The van der Waals surface area contributed by atoms with E-state index in [0.717, 1.165) is 35.9 Å². The van der Waals surface area contributed by atoms with E-state index in [1.807, 2.05) is 56.9 Å². The summed E-state index contributed by atoms with van der Waals surface area (Å²) in [6.45, 7) is 9.62. The fourth-order valence-corrected chi connectivity index (χ4v) is 3.27. The van der Waals surface area contributed by atoms with Crippen LogP contribution >= 0.6 is 0 Å². The van der Waals surface area contributed by atoms with Crippen molar-refractivity contribution in [2.75, 3.05) is 19.4 Å². The van der Waals surface area contributed by atoms with Crippen molar-refractivity contribution in [2.24, 2.45) is 18.0 Å². The number of carbonyl (C=O) groups is 1. The van der Waals surface area contributed by atoms with E-state index in [1.54, 1.807) is 7.05 Å². The molecule has 1 atom stereocenters. The number of guanidine groups is 1. The summed E-state index contributed by atoms with van der Waals surface area (Å²) < 4.78 is 1.87. The van der Waals surface area contributed by atoms with Gasteiger partial charge in [0.15, 0.2) is 5.96 Å². The van der Waals surface area contributed by atoms with Crippen LogP contribution in [0.5, 0.6) is 0 Å². The summed E-state index contributed by atoms with van der Waals surface area (Å²) in [7, 11) is 5.76. The number of benzene rings is 1. The van der Waals surface area contributed by atoms with Gasteiger partial charge in [-0.2, -0.15) is 5.10 Å². The van der Waals surface area contributed by atoms with Crippen LogP contribution in [0.1, 0.15) is 56.9 Å². The molecule has 164 valence electrons. The summed E-state index contributed by atoms with van der Waals surface area (Å²) in [5.41, 5.74) is 4.22. The van der Waals surface area contributed by atoms with Crippen molar-refractivity contribution in [1.82, 2.24) is 20.0 Å². The van der Waals surface area contributed by atoms with Gasteiger partial charge < -0.3 is 15.5 Å². The Labute approximate surface area is 180 Å². The molecule has 1 amide bonds. The number of hydrogen-bond donors (Lipinski definition) is 2. The average Bonchev–Trinajstić information content (AvgIpc) is 3.08. The first kappa shape index (κ1) is 23.4. The lowest BCUT2D eigenvalue weighted by molar-refractivity contribution is -0.119. The van der Waals surface area contributed by atoms with Gasteiger partial charge in [-0.05, 0) is 30.0 Å². The van der Waals surface area contributed by atoms with Crippen LogP contribution in [0, 0.1) is 5.92 Å². The van der Waals surface area contributed by atoms with Crippen molar-refractivity contribution in [2.45, 2.75) is 53.1 Å². The fraction of sp³-hybridized carbons (Fsp3) is 0.522. The third-order valence-corrected chi connectivity index (χ3v) is 5.17. The maximum Gasteiger partial charge on any atom is 0.227 e. The lowest BCUT2D eigenvalue weighted by atomic mass is 10.1. The third kappa shape index (κ3) is 6.34. The third-order valence-electron chi connectivity index (χ3n) is 5.17. The summed E-state index contributed by atoms with van der Waals surface area (Å²) in [4.78, 5) is 18.7. The number of nitrogens with one attached hydrogen (secondary N) is 2. The first-order valence-corrected chi connectivity index (χ1v) is 10.6. The highest BCUT2D eigenvalue weighted by Crippen LogP contribution is 2.19. The number of aliphatic imine (C=N–C) groups is 1. The molecule has 7 heteroatoms. The lowest BCUT2D eigenvalue weighted by Crippen LogP contribution is -2.38. The summed E-state index contributed by atoms with van der Waals surface area (Å²) in [6.07, 6.45) is 2.90. The molecule has 1 heterocycles. The molecule has 7 nitrogen and oxygen atoms in total. The zero-order chi connectivity index (χ0) is 22.3. The van der Waals surface area contributed by atoms with Gasteiger partial charge in [0.05, 0.1) is 5.69 Å². The number of aryl methyl sites for hydroxylation is 1. The van der Waals surface area contributed by atoms with E-state index in [9.17, 15) is 4.79 Å². The number of aromatic nitrogens is 2.